The van der Waals surface area contributed by atoms with Crippen LogP contribution < -0.4 is 0 Å². The van der Waals surface area contributed by atoms with Crippen molar-refractivity contribution in [1.29, 1.82) is 0 Å². The van der Waals surface area contributed by atoms with Crippen molar-refractivity contribution in [3.8, 4) is 0 Å². The molecule has 0 radical (unpaired) electrons. The van der Waals surface area contributed by atoms with Crippen molar-refractivity contribution in [1.82, 2.24) is 0 Å². The van der Waals surface area contributed by atoms with E-state index in [1.54, 1.807) is 26.8 Å². The van der Waals surface area contributed by atoms with Crippen molar-refractivity contribution < 1.29 is 97.8 Å². The first-order valence-electron chi connectivity index (χ1n) is 25.3. The first kappa shape index (κ1) is 51.9. The minimum absolute atomic E-state index is 0.00421. The van der Waals surface area contributed by atoms with Gasteiger partial charge < -0.3 is 88.2 Å². The second-order valence-corrected chi connectivity index (χ2v) is 22.2. The summed E-state index contributed by atoms with van der Waals surface area (Å²) < 4.78 is 60.1. The zero-order chi connectivity index (χ0) is 49.5. The molecule has 26 atom stereocenters. The summed E-state index contributed by atoms with van der Waals surface area (Å²) in [6.07, 6.45) is -11.1. The van der Waals surface area contributed by atoms with Crippen molar-refractivity contribution in [3.63, 3.8) is 0 Å². The summed E-state index contributed by atoms with van der Waals surface area (Å²) in [7, 11) is 0. The Morgan fingerprint density at radius 3 is 1.93 bits per heavy atom. The van der Waals surface area contributed by atoms with Crippen LogP contribution in [0.3, 0.4) is 0 Å². The highest BCUT2D eigenvalue weighted by molar-refractivity contribution is 5.85. The Balaban J connectivity index is 0.752. The van der Waals surface area contributed by atoms with Crippen molar-refractivity contribution in [2.24, 2.45) is 34.5 Å². The lowest BCUT2D eigenvalue weighted by Crippen LogP contribution is -2.67. The van der Waals surface area contributed by atoms with Gasteiger partial charge in [0.25, 0.3) is 0 Å². The van der Waals surface area contributed by atoms with E-state index in [0.29, 0.717) is 25.2 Å². The molecule has 20 nitrogen and oxygen atoms in total. The normalized spacial score (nSPS) is 53.3. The fraction of sp³-hybridized carbons (Fsp3) is 0.918. The average Bonchev–Trinajstić information content (AvgIpc) is 3.84. The molecule has 4 saturated carbocycles. The van der Waals surface area contributed by atoms with Gasteiger partial charge in [-0.1, -0.05) is 13.8 Å². The van der Waals surface area contributed by atoms with Gasteiger partial charge in [-0.2, -0.15) is 0 Å². The van der Waals surface area contributed by atoms with Crippen molar-refractivity contribution in [2.75, 3.05) is 13.2 Å². The number of aliphatic hydroxyl groups is 8. The van der Waals surface area contributed by atoms with E-state index in [0.717, 1.165) is 37.7 Å². The number of hydrogen-bond donors (Lipinski definition) is 8. The Morgan fingerprint density at radius 2 is 1.33 bits per heavy atom. The third-order valence-corrected chi connectivity index (χ3v) is 18.4. The molecule has 1 unspecified atom stereocenters. The molecule has 8 N–H and O–H groups in total. The number of cyclic esters (lactones) is 1. The summed E-state index contributed by atoms with van der Waals surface area (Å²) in [5, 5.41) is 88.1. The third-order valence-electron chi connectivity index (χ3n) is 18.4. The molecule has 20 heteroatoms. The SMILES string of the molecule is CC(=O)O[C@H]1C[C@H](O[C@H]2[C@@H](O)C[C@H](OC3[C@@H](O)C[C@H](O[C@H]4CC[C@@]5(C)[C@H](CC[C@@H]6[C@@H]5C[C@@H](O)[C@]5(C)[C@@H](C7=CC(=O)OC7)CC[C@]65O)C4)O[C@@H]3C)O[C@@H]2C)O[C@H](C)[C@H]1O[C@@H]1O[C@H](CO)[C@@H](O)[C@H](O)[C@H]1O. The number of aliphatic hydroxyl groups excluding tert-OH is 7. The smallest absolute Gasteiger partial charge is 0.331 e. The van der Waals surface area contributed by atoms with Gasteiger partial charge in [-0.25, -0.2) is 4.79 Å². The minimum atomic E-state index is -1.69. The number of hydrogen-bond acceptors (Lipinski definition) is 20. The molecular weight excluding hydrogens is 909 g/mol. The van der Waals surface area contributed by atoms with Crippen LogP contribution in [0.1, 0.15) is 112 Å². The zero-order valence-electron chi connectivity index (χ0n) is 40.5. The molecule has 9 rings (SSSR count). The summed E-state index contributed by atoms with van der Waals surface area (Å²) in [5.74, 6) is -0.580. The number of fused-ring (bicyclic) bond motifs is 5. The minimum Gasteiger partial charge on any atom is -0.459 e. The Hall–Kier alpha value is -1.96. The first-order chi connectivity index (χ1) is 32.6. The van der Waals surface area contributed by atoms with E-state index in [1.165, 1.54) is 6.92 Å². The van der Waals surface area contributed by atoms with Gasteiger partial charge in [0.05, 0.1) is 54.9 Å². The molecule has 5 heterocycles. The second-order valence-electron chi connectivity index (χ2n) is 22.2. The highest BCUT2D eigenvalue weighted by Crippen LogP contribution is 2.70. The third kappa shape index (κ3) is 9.48. The number of carbonyl (C=O) groups excluding carboxylic acids is 2. The van der Waals surface area contributed by atoms with Gasteiger partial charge in [0.15, 0.2) is 25.2 Å². The summed E-state index contributed by atoms with van der Waals surface area (Å²) in [6.45, 7) is 10.3. The maximum absolute atomic E-state index is 12.6. The average molecular weight is 985 g/mol. The Morgan fingerprint density at radius 1 is 0.710 bits per heavy atom. The van der Waals surface area contributed by atoms with Gasteiger partial charge in [0, 0.05) is 37.7 Å². The van der Waals surface area contributed by atoms with Crippen molar-refractivity contribution in [2.45, 2.75) is 234 Å². The maximum atomic E-state index is 12.6. The van der Waals surface area contributed by atoms with Gasteiger partial charge in [-0.3, -0.25) is 4.79 Å². The number of esters is 2. The zero-order valence-corrected chi connectivity index (χ0v) is 40.5. The van der Waals surface area contributed by atoms with E-state index < -0.39 is 134 Å². The monoisotopic (exact) mass is 984 g/mol. The van der Waals surface area contributed by atoms with Gasteiger partial charge in [0.2, 0.25) is 0 Å². The number of ether oxygens (including phenoxy) is 10. The lowest BCUT2D eigenvalue weighted by atomic mass is 9.42. The van der Waals surface area contributed by atoms with Crippen LogP contribution in [0.15, 0.2) is 11.6 Å². The summed E-state index contributed by atoms with van der Waals surface area (Å²) in [6, 6.07) is 0. The maximum Gasteiger partial charge on any atom is 0.331 e. The molecule has 9 aliphatic rings. The molecule has 4 saturated heterocycles. The van der Waals surface area contributed by atoms with Crippen LogP contribution in [0.5, 0.6) is 0 Å². The van der Waals surface area contributed by atoms with Crippen LogP contribution in [0.25, 0.3) is 0 Å². The molecule has 4 aliphatic carbocycles. The molecule has 0 amide bonds. The Bertz CT molecular complexity index is 1850. The highest BCUT2D eigenvalue weighted by Gasteiger charge is 2.71. The van der Waals surface area contributed by atoms with Crippen molar-refractivity contribution >= 4 is 11.9 Å². The second kappa shape index (κ2) is 20.0. The molecule has 0 aromatic rings. The molecule has 392 valence electrons. The molecule has 69 heavy (non-hydrogen) atoms. The van der Waals surface area contributed by atoms with E-state index in [-0.39, 0.29) is 61.1 Å². The summed E-state index contributed by atoms with van der Waals surface area (Å²) in [4.78, 5) is 24.2. The summed E-state index contributed by atoms with van der Waals surface area (Å²) >= 11 is 0. The molecule has 0 bridgehead atoms. The van der Waals surface area contributed by atoms with Crippen LogP contribution in [0, 0.1) is 34.5 Å². The number of carbonyl (C=O) groups is 2. The van der Waals surface area contributed by atoms with Gasteiger partial charge in [0.1, 0.15) is 55.4 Å². The van der Waals surface area contributed by atoms with Gasteiger partial charge in [-0.15, -0.1) is 0 Å². The predicted molar refractivity (Wildman–Crippen MR) is 235 cm³/mol. The predicted octanol–water partition coefficient (Wildman–Crippen LogP) is 0.613. The van der Waals surface area contributed by atoms with E-state index >= 15 is 0 Å². The fourth-order valence-corrected chi connectivity index (χ4v) is 14.6. The van der Waals surface area contributed by atoms with E-state index in [4.69, 9.17) is 47.4 Å². The Labute approximate surface area is 402 Å². The lowest BCUT2D eigenvalue weighted by molar-refractivity contribution is -0.355. The quantitative estimate of drug-likeness (QED) is 0.104. The van der Waals surface area contributed by atoms with E-state index in [9.17, 15) is 50.4 Å². The first-order valence-corrected chi connectivity index (χ1v) is 25.3. The van der Waals surface area contributed by atoms with Crippen LogP contribution in [0.2, 0.25) is 0 Å². The fourth-order valence-electron chi connectivity index (χ4n) is 14.6. The lowest BCUT2D eigenvalue weighted by Gasteiger charge is -2.65. The Kier molecular flexibility index (Phi) is 15.1. The van der Waals surface area contributed by atoms with Gasteiger partial charge >= 0.3 is 11.9 Å². The van der Waals surface area contributed by atoms with Crippen LogP contribution in [-0.4, -0.2) is 188 Å². The van der Waals surface area contributed by atoms with Crippen LogP contribution in [0.4, 0.5) is 0 Å². The number of rotatable bonds is 11. The molecule has 8 fully saturated rings. The van der Waals surface area contributed by atoms with Crippen molar-refractivity contribution in [3.05, 3.63) is 11.6 Å². The van der Waals surface area contributed by atoms with E-state index in [1.807, 2.05) is 6.92 Å². The van der Waals surface area contributed by atoms with E-state index in [2.05, 4.69) is 6.92 Å². The summed E-state index contributed by atoms with van der Waals surface area (Å²) in [5.41, 5.74) is -1.01. The molecule has 0 aromatic heterocycles. The topological polar surface area (TPSA) is 288 Å². The molecule has 0 spiro atoms. The molecular formula is C49H76O20. The highest BCUT2D eigenvalue weighted by atomic mass is 16.8. The van der Waals surface area contributed by atoms with Crippen LogP contribution in [-0.2, 0) is 57.0 Å². The molecule has 5 aliphatic heterocycles. The molecule has 0 aromatic carbocycles. The largest absolute Gasteiger partial charge is 0.459 e. The van der Waals surface area contributed by atoms with Gasteiger partial charge in [-0.05, 0) is 107 Å². The standard InChI is InChI=1S/C49H76O20/c1-21-43(67-38-17-32(53)44(22(2)62-38)68-39-18-33(64-24(4)51)45(23(3)63-39)69-46-42(58)41(57)40(56)34(19-50)66-46)31(52)16-37(61-21)65-27-9-11-47(5)26(14-27)7-8-29-30(47)15-35(54)48(6)28(10-12-49(29,48)59)25-13-36(55)60-20-25/h13,21-23,26-35,37-46,50,52-54,56-59H,7-12,14-20H2,1-6H3/t21-,22-,23-,26-,27+,28-,29-,30+,31+,32+,33+,34-,35-,37+,38+,39+,40-,41+,42-,43?,44-,45-,46+,47+,48+,49+/m1/s1. The van der Waals surface area contributed by atoms with Crippen LogP contribution >= 0.6 is 0 Å².